The molecule has 1 aromatic heterocycles. The summed E-state index contributed by atoms with van der Waals surface area (Å²) in [6, 6.07) is 14.2. The number of carboxylic acid groups (broad SMARTS) is 1. The summed E-state index contributed by atoms with van der Waals surface area (Å²) < 4.78 is 19.0. The molecule has 0 atom stereocenters. The second kappa shape index (κ2) is 9.19. The van der Waals surface area contributed by atoms with Crippen molar-refractivity contribution < 1.29 is 23.8 Å². The Kier molecular flexibility index (Phi) is 6.06. The van der Waals surface area contributed by atoms with Crippen molar-refractivity contribution in [2.75, 3.05) is 24.6 Å². The van der Waals surface area contributed by atoms with Crippen LogP contribution in [0.1, 0.15) is 39.1 Å². The van der Waals surface area contributed by atoms with Crippen molar-refractivity contribution in [2.24, 2.45) is 5.92 Å². The number of aromatic carboxylic acids is 1. The Morgan fingerprint density at radius 1 is 1.17 bits per heavy atom. The summed E-state index contributed by atoms with van der Waals surface area (Å²) >= 11 is 6.17. The topological polar surface area (TPSA) is 91.8 Å². The molecule has 2 aromatic carbocycles. The summed E-state index contributed by atoms with van der Waals surface area (Å²) in [6.45, 7) is 1.72. The van der Waals surface area contributed by atoms with Gasteiger partial charge in [0.15, 0.2) is 0 Å². The van der Waals surface area contributed by atoms with Crippen LogP contribution in [0.2, 0.25) is 5.02 Å². The Bertz CT molecular complexity index is 1270. The maximum absolute atomic E-state index is 13.3. The highest BCUT2D eigenvalue weighted by Gasteiger charge is 2.46. The Labute approximate surface area is 206 Å². The van der Waals surface area contributed by atoms with Gasteiger partial charge >= 0.3 is 5.97 Å². The molecule has 3 aromatic rings. The molecule has 1 aliphatic carbocycles. The predicted molar refractivity (Wildman–Crippen MR) is 129 cm³/mol. The van der Waals surface area contributed by atoms with Crippen LogP contribution < -0.4 is 15.0 Å². The molecule has 9 heteroatoms. The quantitative estimate of drug-likeness (QED) is 0.478. The van der Waals surface area contributed by atoms with Crippen molar-refractivity contribution in [3.8, 4) is 5.75 Å². The number of carbonyl (C=O) groups excluding carboxylic acids is 1. The van der Waals surface area contributed by atoms with Gasteiger partial charge in [-0.1, -0.05) is 29.8 Å². The third-order valence-corrected chi connectivity index (χ3v) is 6.61. The largest absolute Gasteiger partial charge is 0.493 e. The monoisotopic (exact) mass is 495 g/mol. The van der Waals surface area contributed by atoms with Gasteiger partial charge < -0.3 is 20.1 Å². The summed E-state index contributed by atoms with van der Waals surface area (Å²) in [4.78, 5) is 30.8. The van der Waals surface area contributed by atoms with Gasteiger partial charge in [0.2, 0.25) is 0 Å². The summed E-state index contributed by atoms with van der Waals surface area (Å²) in [5.41, 5.74) is 0.927. The number of halogens is 2. The number of carbonyl (C=O) groups is 2. The number of nitrogens with zero attached hydrogens (tertiary/aromatic N) is 2. The van der Waals surface area contributed by atoms with Crippen LogP contribution in [-0.2, 0) is 5.54 Å². The Hall–Kier alpha value is -3.65. The number of anilines is 1. The van der Waals surface area contributed by atoms with Crippen LogP contribution in [0.25, 0.3) is 0 Å². The van der Waals surface area contributed by atoms with Crippen LogP contribution in [0.5, 0.6) is 5.75 Å². The third-order valence-electron chi connectivity index (χ3n) is 6.40. The highest BCUT2D eigenvalue weighted by atomic mass is 35.5. The lowest BCUT2D eigenvalue weighted by Crippen LogP contribution is -2.50. The fourth-order valence-corrected chi connectivity index (χ4v) is 4.46. The molecule has 5 rings (SSSR count). The molecule has 1 amide bonds. The summed E-state index contributed by atoms with van der Waals surface area (Å²) in [5, 5.41) is 12.6. The van der Waals surface area contributed by atoms with E-state index < -0.39 is 11.5 Å². The van der Waals surface area contributed by atoms with Gasteiger partial charge in [0, 0.05) is 31.3 Å². The lowest BCUT2D eigenvalue weighted by atomic mass is 9.99. The van der Waals surface area contributed by atoms with Crippen molar-refractivity contribution in [3.05, 3.63) is 88.3 Å². The number of rotatable bonds is 8. The van der Waals surface area contributed by atoms with Crippen LogP contribution in [0.4, 0.5) is 10.2 Å². The zero-order valence-electron chi connectivity index (χ0n) is 18.7. The van der Waals surface area contributed by atoms with Crippen molar-refractivity contribution >= 4 is 29.3 Å². The molecule has 2 fully saturated rings. The fraction of sp³-hybridized carbons (Fsp3) is 0.269. The highest BCUT2D eigenvalue weighted by Crippen LogP contribution is 2.46. The van der Waals surface area contributed by atoms with Gasteiger partial charge in [0.05, 0.1) is 28.3 Å². The number of nitrogens with one attached hydrogen (secondary N) is 1. The first kappa shape index (κ1) is 23.1. The number of ether oxygens (including phenoxy) is 1. The first-order valence-electron chi connectivity index (χ1n) is 11.3. The van der Waals surface area contributed by atoms with Crippen molar-refractivity contribution in [1.82, 2.24) is 10.3 Å². The highest BCUT2D eigenvalue weighted by molar-refractivity contribution is 6.31. The number of hydrogen-bond acceptors (Lipinski definition) is 5. The van der Waals surface area contributed by atoms with E-state index in [2.05, 4.69) is 10.3 Å². The van der Waals surface area contributed by atoms with E-state index in [0.717, 1.165) is 18.4 Å². The first-order chi connectivity index (χ1) is 16.8. The minimum Gasteiger partial charge on any atom is -0.493 e. The minimum atomic E-state index is -0.991. The van der Waals surface area contributed by atoms with Crippen LogP contribution in [0.3, 0.4) is 0 Å². The second-order valence-electron chi connectivity index (χ2n) is 8.98. The molecule has 1 saturated heterocycles. The van der Waals surface area contributed by atoms with Crippen LogP contribution in [0.15, 0.2) is 60.8 Å². The SMILES string of the molecule is O=C(O)c1ccc(C2(NC(=O)c3cc(Cl)cnc3N3CC(COc4cccc(F)c4)C3)CC2)cc1. The molecule has 1 saturated carbocycles. The fourth-order valence-electron chi connectivity index (χ4n) is 4.30. The standard InChI is InChI=1S/C26H23ClFN3O4/c27-19-10-22(24(32)30-26(8-9-26)18-6-4-17(5-7-18)25(33)34)23(29-12-19)31-13-16(14-31)15-35-21-3-1-2-20(28)11-21/h1-7,10-12,16H,8-9,13-15H2,(H,30,32)(H,33,34). The van der Waals surface area contributed by atoms with E-state index in [1.165, 1.54) is 18.3 Å². The van der Waals surface area contributed by atoms with Gasteiger partial charge in [-0.15, -0.1) is 0 Å². The van der Waals surface area contributed by atoms with Crippen molar-refractivity contribution in [2.45, 2.75) is 18.4 Å². The smallest absolute Gasteiger partial charge is 0.335 e. The van der Waals surface area contributed by atoms with Gasteiger partial charge in [0.1, 0.15) is 17.4 Å². The van der Waals surface area contributed by atoms with E-state index in [9.17, 15) is 14.0 Å². The Balaban J connectivity index is 1.25. The normalized spacial score (nSPS) is 16.3. The summed E-state index contributed by atoms with van der Waals surface area (Å²) in [6.07, 6.45) is 3.04. The molecule has 0 spiro atoms. The number of carboxylic acids is 1. The zero-order valence-corrected chi connectivity index (χ0v) is 19.5. The Morgan fingerprint density at radius 2 is 1.91 bits per heavy atom. The van der Waals surface area contributed by atoms with E-state index in [1.54, 1.807) is 42.5 Å². The van der Waals surface area contributed by atoms with Gasteiger partial charge in [0.25, 0.3) is 5.91 Å². The van der Waals surface area contributed by atoms with Crippen LogP contribution in [-0.4, -0.2) is 41.7 Å². The van der Waals surface area contributed by atoms with E-state index in [0.29, 0.717) is 41.8 Å². The molecule has 0 bridgehead atoms. The molecule has 0 radical (unpaired) electrons. The average Bonchev–Trinajstić information content (AvgIpc) is 3.59. The number of pyridine rings is 1. The molecule has 1 aliphatic heterocycles. The summed E-state index contributed by atoms with van der Waals surface area (Å²) in [7, 11) is 0. The van der Waals surface area contributed by atoms with E-state index in [4.69, 9.17) is 21.4 Å². The molecule has 0 unspecified atom stereocenters. The number of aromatic nitrogens is 1. The number of amides is 1. The van der Waals surface area contributed by atoms with E-state index in [1.807, 2.05) is 4.90 Å². The first-order valence-corrected chi connectivity index (χ1v) is 11.7. The van der Waals surface area contributed by atoms with Crippen LogP contribution >= 0.6 is 11.6 Å². The lowest BCUT2D eigenvalue weighted by molar-refractivity contribution is 0.0696. The number of hydrogen-bond donors (Lipinski definition) is 2. The molecule has 7 nitrogen and oxygen atoms in total. The van der Waals surface area contributed by atoms with E-state index in [-0.39, 0.29) is 23.2 Å². The molecule has 35 heavy (non-hydrogen) atoms. The number of benzene rings is 2. The van der Waals surface area contributed by atoms with Gasteiger partial charge in [-0.3, -0.25) is 4.79 Å². The maximum Gasteiger partial charge on any atom is 0.335 e. The van der Waals surface area contributed by atoms with E-state index >= 15 is 0 Å². The zero-order chi connectivity index (χ0) is 24.6. The second-order valence-corrected chi connectivity index (χ2v) is 9.42. The molecular formula is C26H23ClFN3O4. The maximum atomic E-state index is 13.3. The van der Waals surface area contributed by atoms with Crippen LogP contribution in [0, 0.1) is 11.7 Å². The lowest BCUT2D eigenvalue weighted by Gasteiger charge is -2.40. The molecule has 180 valence electrons. The predicted octanol–water partition coefficient (Wildman–Crippen LogP) is 4.51. The Morgan fingerprint density at radius 3 is 2.57 bits per heavy atom. The van der Waals surface area contributed by atoms with Gasteiger partial charge in [-0.05, 0) is 48.7 Å². The molecule has 2 heterocycles. The minimum absolute atomic E-state index is 0.200. The summed E-state index contributed by atoms with van der Waals surface area (Å²) in [5.74, 6) is -0.368. The molecular weight excluding hydrogens is 473 g/mol. The molecule has 2 N–H and O–H groups in total. The van der Waals surface area contributed by atoms with Gasteiger partial charge in [-0.25, -0.2) is 14.2 Å². The third kappa shape index (κ3) is 4.93. The average molecular weight is 496 g/mol. The molecule has 2 aliphatic rings. The van der Waals surface area contributed by atoms with Crippen molar-refractivity contribution in [1.29, 1.82) is 0 Å². The van der Waals surface area contributed by atoms with Gasteiger partial charge in [-0.2, -0.15) is 0 Å². The van der Waals surface area contributed by atoms with Crippen molar-refractivity contribution in [3.63, 3.8) is 0 Å².